The van der Waals surface area contributed by atoms with Gasteiger partial charge in [0.05, 0.1) is 0 Å². The number of hydrogen-bond donors (Lipinski definition) is 3. The molecule has 0 bridgehead atoms. The summed E-state index contributed by atoms with van der Waals surface area (Å²) < 4.78 is 0. The van der Waals surface area contributed by atoms with E-state index in [4.69, 9.17) is 10.2 Å². The molecule has 102 valence electrons. The third kappa shape index (κ3) is 4.53. The number of carboxylic acid groups (broad SMARTS) is 1. The van der Waals surface area contributed by atoms with Gasteiger partial charge in [-0.2, -0.15) is 0 Å². The van der Waals surface area contributed by atoms with Crippen LogP contribution in [-0.2, 0) is 9.59 Å². The van der Waals surface area contributed by atoms with Gasteiger partial charge in [0, 0.05) is 38.3 Å². The maximum atomic E-state index is 11.5. The van der Waals surface area contributed by atoms with Gasteiger partial charge in [0.1, 0.15) is 6.04 Å². The zero-order chi connectivity index (χ0) is 13.5. The SMILES string of the molecule is O=C(CCN1CCSC1=O)N[C@@H](CCO)C(=O)O. The fraction of sp³-hybridized carbons (Fsp3) is 0.700. The van der Waals surface area contributed by atoms with E-state index in [-0.39, 0.29) is 24.7 Å². The molecule has 8 heteroatoms. The highest BCUT2D eigenvalue weighted by molar-refractivity contribution is 8.13. The second-order valence-corrected chi connectivity index (χ2v) is 4.87. The van der Waals surface area contributed by atoms with Crippen molar-refractivity contribution in [3.05, 3.63) is 0 Å². The van der Waals surface area contributed by atoms with Crippen molar-refractivity contribution in [3.8, 4) is 0 Å². The Morgan fingerprint density at radius 3 is 2.72 bits per heavy atom. The van der Waals surface area contributed by atoms with Gasteiger partial charge in [0.2, 0.25) is 5.91 Å². The lowest BCUT2D eigenvalue weighted by molar-refractivity contribution is -0.142. The molecule has 0 unspecified atom stereocenters. The molecule has 1 saturated heterocycles. The number of amides is 2. The van der Waals surface area contributed by atoms with Gasteiger partial charge in [-0.05, 0) is 0 Å². The summed E-state index contributed by atoms with van der Waals surface area (Å²) in [4.78, 5) is 35.1. The number of nitrogens with zero attached hydrogens (tertiary/aromatic N) is 1. The minimum atomic E-state index is -1.18. The molecule has 18 heavy (non-hydrogen) atoms. The molecule has 1 atom stereocenters. The zero-order valence-electron chi connectivity index (χ0n) is 9.79. The predicted molar refractivity (Wildman–Crippen MR) is 65.3 cm³/mol. The number of carbonyl (C=O) groups is 3. The number of carbonyl (C=O) groups excluding carboxylic acids is 2. The van der Waals surface area contributed by atoms with Crippen LogP contribution in [0.15, 0.2) is 0 Å². The van der Waals surface area contributed by atoms with Gasteiger partial charge in [0.15, 0.2) is 0 Å². The van der Waals surface area contributed by atoms with E-state index in [1.807, 2.05) is 0 Å². The van der Waals surface area contributed by atoms with Crippen molar-refractivity contribution in [1.82, 2.24) is 10.2 Å². The summed E-state index contributed by atoms with van der Waals surface area (Å²) in [7, 11) is 0. The summed E-state index contributed by atoms with van der Waals surface area (Å²) in [5, 5.41) is 19.7. The lowest BCUT2D eigenvalue weighted by atomic mass is 10.2. The maximum absolute atomic E-state index is 11.5. The summed E-state index contributed by atoms with van der Waals surface area (Å²) in [6, 6.07) is -1.08. The van der Waals surface area contributed by atoms with Gasteiger partial charge in [-0.25, -0.2) is 4.79 Å². The fourth-order valence-electron chi connectivity index (χ4n) is 1.52. The maximum Gasteiger partial charge on any atom is 0.326 e. The van der Waals surface area contributed by atoms with Crippen molar-refractivity contribution < 1.29 is 24.6 Å². The molecule has 0 radical (unpaired) electrons. The lowest BCUT2D eigenvalue weighted by Gasteiger charge is -2.16. The number of carboxylic acids is 1. The van der Waals surface area contributed by atoms with Crippen molar-refractivity contribution >= 4 is 28.9 Å². The molecule has 0 aromatic heterocycles. The highest BCUT2D eigenvalue weighted by Gasteiger charge is 2.23. The Kier molecular flexibility index (Phi) is 5.93. The Bertz CT molecular complexity index is 336. The van der Waals surface area contributed by atoms with Gasteiger partial charge in [-0.3, -0.25) is 9.59 Å². The first-order chi connectivity index (χ1) is 8.54. The summed E-state index contributed by atoms with van der Waals surface area (Å²) in [5.74, 6) is -0.881. The highest BCUT2D eigenvalue weighted by atomic mass is 32.2. The van der Waals surface area contributed by atoms with E-state index in [0.29, 0.717) is 13.1 Å². The van der Waals surface area contributed by atoms with Crippen LogP contribution in [0.4, 0.5) is 4.79 Å². The molecule has 1 heterocycles. The number of aliphatic hydroxyl groups is 1. The Hall–Kier alpha value is -1.28. The molecular formula is C10H16N2O5S. The Labute approximate surface area is 109 Å². The second kappa shape index (κ2) is 7.22. The van der Waals surface area contributed by atoms with Gasteiger partial charge in [-0.15, -0.1) is 0 Å². The van der Waals surface area contributed by atoms with Crippen molar-refractivity contribution in [3.63, 3.8) is 0 Å². The fourth-order valence-corrected chi connectivity index (χ4v) is 2.37. The summed E-state index contributed by atoms with van der Waals surface area (Å²) in [6.45, 7) is 0.609. The predicted octanol–water partition coefficient (Wildman–Crippen LogP) is -0.503. The molecule has 1 fully saturated rings. The van der Waals surface area contributed by atoms with E-state index in [1.165, 1.54) is 11.8 Å². The van der Waals surface area contributed by atoms with Crippen molar-refractivity contribution in [1.29, 1.82) is 0 Å². The zero-order valence-corrected chi connectivity index (χ0v) is 10.6. The molecular weight excluding hydrogens is 260 g/mol. The molecule has 0 aromatic carbocycles. The number of thioether (sulfide) groups is 1. The monoisotopic (exact) mass is 276 g/mol. The largest absolute Gasteiger partial charge is 0.480 e. The summed E-state index contributed by atoms with van der Waals surface area (Å²) >= 11 is 1.21. The van der Waals surface area contributed by atoms with E-state index in [2.05, 4.69) is 5.32 Å². The van der Waals surface area contributed by atoms with Crippen LogP contribution in [0.1, 0.15) is 12.8 Å². The van der Waals surface area contributed by atoms with Gasteiger partial charge < -0.3 is 20.4 Å². The number of rotatable bonds is 7. The van der Waals surface area contributed by atoms with E-state index >= 15 is 0 Å². The first kappa shape index (κ1) is 14.8. The van der Waals surface area contributed by atoms with Crippen LogP contribution >= 0.6 is 11.8 Å². The molecule has 0 aliphatic carbocycles. The van der Waals surface area contributed by atoms with Crippen LogP contribution in [0.5, 0.6) is 0 Å². The van der Waals surface area contributed by atoms with Gasteiger partial charge in [0.25, 0.3) is 5.24 Å². The van der Waals surface area contributed by atoms with Crippen molar-refractivity contribution in [2.24, 2.45) is 0 Å². The minimum Gasteiger partial charge on any atom is -0.480 e. The first-order valence-corrected chi connectivity index (χ1v) is 6.58. The minimum absolute atomic E-state index is 0.0282. The van der Waals surface area contributed by atoms with E-state index in [1.54, 1.807) is 4.90 Å². The Morgan fingerprint density at radius 2 is 2.22 bits per heavy atom. The second-order valence-electron chi connectivity index (χ2n) is 3.82. The number of hydrogen-bond acceptors (Lipinski definition) is 5. The van der Waals surface area contributed by atoms with Gasteiger partial charge in [-0.1, -0.05) is 11.8 Å². The Balaban J connectivity index is 2.31. The van der Waals surface area contributed by atoms with Crippen LogP contribution in [0.25, 0.3) is 0 Å². The standard InChI is InChI=1S/C10H16N2O5S/c13-5-2-7(9(15)16)11-8(14)1-3-12-4-6-18-10(12)17/h7,13H,1-6H2,(H,11,14)(H,15,16)/t7-/m0/s1. The third-order valence-corrected chi connectivity index (χ3v) is 3.40. The average molecular weight is 276 g/mol. The lowest BCUT2D eigenvalue weighted by Crippen LogP contribution is -2.42. The number of nitrogens with one attached hydrogen (secondary N) is 1. The number of aliphatic hydroxyl groups excluding tert-OH is 1. The molecule has 3 N–H and O–H groups in total. The Morgan fingerprint density at radius 1 is 1.50 bits per heavy atom. The van der Waals surface area contributed by atoms with E-state index in [0.717, 1.165) is 5.75 Å². The highest BCUT2D eigenvalue weighted by Crippen LogP contribution is 2.16. The normalized spacial score (nSPS) is 16.7. The molecule has 1 rings (SSSR count). The van der Waals surface area contributed by atoms with Crippen molar-refractivity contribution in [2.45, 2.75) is 18.9 Å². The van der Waals surface area contributed by atoms with Crippen LogP contribution in [0, 0.1) is 0 Å². The molecule has 0 saturated carbocycles. The molecule has 1 aliphatic heterocycles. The molecule has 0 aromatic rings. The third-order valence-electron chi connectivity index (χ3n) is 2.50. The van der Waals surface area contributed by atoms with Crippen LogP contribution < -0.4 is 5.32 Å². The topological polar surface area (TPSA) is 107 Å². The summed E-state index contributed by atoms with van der Waals surface area (Å²) in [6.07, 6.45) is 0.0427. The van der Waals surface area contributed by atoms with Crippen molar-refractivity contribution in [2.75, 3.05) is 25.4 Å². The smallest absolute Gasteiger partial charge is 0.326 e. The molecule has 0 spiro atoms. The molecule has 2 amide bonds. The van der Waals surface area contributed by atoms with Gasteiger partial charge >= 0.3 is 5.97 Å². The molecule has 7 nitrogen and oxygen atoms in total. The first-order valence-electron chi connectivity index (χ1n) is 5.59. The average Bonchev–Trinajstić information content (AvgIpc) is 2.71. The van der Waals surface area contributed by atoms with E-state index in [9.17, 15) is 14.4 Å². The number of aliphatic carboxylic acids is 1. The van der Waals surface area contributed by atoms with Crippen LogP contribution in [0.3, 0.4) is 0 Å². The molecule has 1 aliphatic rings. The quantitative estimate of drug-likeness (QED) is 0.578. The van der Waals surface area contributed by atoms with Crippen LogP contribution in [-0.4, -0.2) is 63.7 Å². The summed E-state index contributed by atoms with van der Waals surface area (Å²) in [5.41, 5.74) is 0. The van der Waals surface area contributed by atoms with Crippen LogP contribution in [0.2, 0.25) is 0 Å². The van der Waals surface area contributed by atoms with E-state index < -0.39 is 17.9 Å².